The fourth-order valence-corrected chi connectivity index (χ4v) is 1.76. The molecule has 0 unspecified atom stereocenters. The van der Waals surface area contributed by atoms with Crippen molar-refractivity contribution < 1.29 is 0 Å². The third-order valence-corrected chi connectivity index (χ3v) is 2.81. The molecule has 102 valence electrons. The van der Waals surface area contributed by atoms with E-state index in [0.29, 0.717) is 0 Å². The van der Waals surface area contributed by atoms with Crippen LogP contribution < -0.4 is 5.32 Å². The van der Waals surface area contributed by atoms with Crippen LogP contribution in [0.15, 0.2) is 17.4 Å². The number of rotatable bonds is 6. The lowest BCUT2D eigenvalue weighted by molar-refractivity contribution is 0.460. The number of aryl methyl sites for hydroxylation is 1. The van der Waals surface area contributed by atoms with E-state index in [9.17, 15) is 0 Å². The lowest BCUT2D eigenvalue weighted by atomic mass is 10.3. The quantitative estimate of drug-likeness (QED) is 0.615. The highest BCUT2D eigenvalue weighted by Gasteiger charge is 2.04. The Kier molecular flexibility index (Phi) is 6.25. The van der Waals surface area contributed by atoms with Gasteiger partial charge < -0.3 is 10.2 Å². The summed E-state index contributed by atoms with van der Waals surface area (Å²) in [6, 6.07) is 0. The van der Waals surface area contributed by atoms with Crippen molar-refractivity contribution in [2.24, 2.45) is 4.99 Å². The zero-order valence-corrected chi connectivity index (χ0v) is 12.0. The molecular formula is C13H25N5. The Hall–Kier alpha value is -1.52. The van der Waals surface area contributed by atoms with E-state index in [4.69, 9.17) is 0 Å². The molecule has 0 bridgehead atoms. The van der Waals surface area contributed by atoms with Gasteiger partial charge >= 0.3 is 0 Å². The molecule has 1 heterocycles. The molecule has 1 N–H and O–H groups in total. The molecule has 0 atom stereocenters. The third kappa shape index (κ3) is 4.77. The van der Waals surface area contributed by atoms with E-state index in [1.165, 1.54) is 18.4 Å². The monoisotopic (exact) mass is 251 g/mol. The SMILES string of the molecule is CCCCN(C)C(=NC)NCCn1cc(C)cn1. The highest BCUT2D eigenvalue weighted by molar-refractivity contribution is 5.79. The van der Waals surface area contributed by atoms with Crippen molar-refractivity contribution in [2.75, 3.05) is 27.2 Å². The van der Waals surface area contributed by atoms with Gasteiger partial charge in [-0.1, -0.05) is 13.3 Å². The molecule has 1 aromatic heterocycles. The number of nitrogens with zero attached hydrogens (tertiary/aromatic N) is 4. The molecule has 0 aliphatic rings. The van der Waals surface area contributed by atoms with Gasteiger partial charge in [-0.15, -0.1) is 0 Å². The molecule has 0 fully saturated rings. The standard InChI is InChI=1S/C13H25N5/c1-5-6-8-17(4)13(14-3)15-7-9-18-11-12(2)10-16-18/h10-11H,5-9H2,1-4H3,(H,14,15). The Morgan fingerprint density at radius 2 is 2.33 bits per heavy atom. The molecular weight excluding hydrogens is 226 g/mol. The predicted octanol–water partition coefficient (Wildman–Crippen LogP) is 1.50. The molecule has 0 saturated heterocycles. The van der Waals surface area contributed by atoms with Gasteiger partial charge in [-0.25, -0.2) is 0 Å². The molecule has 0 radical (unpaired) electrons. The molecule has 1 aromatic rings. The van der Waals surface area contributed by atoms with E-state index in [0.717, 1.165) is 25.6 Å². The first kappa shape index (κ1) is 14.5. The molecule has 0 aliphatic heterocycles. The Bertz CT molecular complexity index is 369. The maximum atomic E-state index is 4.28. The zero-order chi connectivity index (χ0) is 13.4. The Morgan fingerprint density at radius 1 is 1.56 bits per heavy atom. The Balaban J connectivity index is 2.31. The number of aromatic nitrogens is 2. The van der Waals surface area contributed by atoms with Crippen molar-refractivity contribution in [1.82, 2.24) is 20.0 Å². The van der Waals surface area contributed by atoms with Crippen molar-refractivity contribution in [2.45, 2.75) is 33.2 Å². The molecule has 5 nitrogen and oxygen atoms in total. The van der Waals surface area contributed by atoms with Crippen LogP contribution in [-0.4, -0.2) is 47.8 Å². The second-order valence-electron chi connectivity index (χ2n) is 4.53. The fraction of sp³-hybridized carbons (Fsp3) is 0.692. The van der Waals surface area contributed by atoms with Crippen molar-refractivity contribution in [1.29, 1.82) is 0 Å². The van der Waals surface area contributed by atoms with Crippen molar-refractivity contribution in [3.05, 3.63) is 18.0 Å². The number of aliphatic imine (C=N–C) groups is 1. The first-order valence-electron chi connectivity index (χ1n) is 6.58. The lowest BCUT2D eigenvalue weighted by Gasteiger charge is -2.21. The molecule has 0 spiro atoms. The minimum absolute atomic E-state index is 0.838. The van der Waals surface area contributed by atoms with Gasteiger partial charge in [0.05, 0.1) is 12.7 Å². The van der Waals surface area contributed by atoms with Crippen LogP contribution in [-0.2, 0) is 6.54 Å². The molecule has 0 amide bonds. The predicted molar refractivity (Wildman–Crippen MR) is 75.9 cm³/mol. The summed E-state index contributed by atoms with van der Waals surface area (Å²) in [6.45, 7) is 6.98. The smallest absolute Gasteiger partial charge is 0.193 e. The van der Waals surface area contributed by atoms with Crippen LogP contribution in [0.5, 0.6) is 0 Å². The van der Waals surface area contributed by atoms with Crippen LogP contribution in [0.3, 0.4) is 0 Å². The van der Waals surface area contributed by atoms with Crippen molar-refractivity contribution in [3.8, 4) is 0 Å². The van der Waals surface area contributed by atoms with Gasteiger partial charge in [0.1, 0.15) is 0 Å². The van der Waals surface area contributed by atoms with Gasteiger partial charge in [0, 0.05) is 33.4 Å². The molecule has 5 heteroatoms. The summed E-state index contributed by atoms with van der Waals surface area (Å²) in [5.41, 5.74) is 1.19. The first-order chi connectivity index (χ1) is 8.67. The van der Waals surface area contributed by atoms with Crippen molar-refractivity contribution >= 4 is 5.96 Å². The van der Waals surface area contributed by atoms with Crippen LogP contribution >= 0.6 is 0 Å². The lowest BCUT2D eigenvalue weighted by Crippen LogP contribution is -2.40. The van der Waals surface area contributed by atoms with Gasteiger partial charge in [0.15, 0.2) is 5.96 Å². The van der Waals surface area contributed by atoms with E-state index >= 15 is 0 Å². The first-order valence-corrected chi connectivity index (χ1v) is 6.58. The number of hydrogen-bond donors (Lipinski definition) is 1. The topological polar surface area (TPSA) is 45.5 Å². The largest absolute Gasteiger partial charge is 0.354 e. The van der Waals surface area contributed by atoms with Crippen molar-refractivity contribution in [3.63, 3.8) is 0 Å². The highest BCUT2D eigenvalue weighted by Crippen LogP contribution is 1.94. The summed E-state index contributed by atoms with van der Waals surface area (Å²) < 4.78 is 1.95. The van der Waals surface area contributed by atoms with Gasteiger partial charge in [0.25, 0.3) is 0 Å². The molecule has 1 rings (SSSR count). The van der Waals surface area contributed by atoms with Crippen LogP contribution in [0.4, 0.5) is 0 Å². The second-order valence-corrected chi connectivity index (χ2v) is 4.53. The maximum Gasteiger partial charge on any atom is 0.193 e. The number of hydrogen-bond acceptors (Lipinski definition) is 2. The molecule has 18 heavy (non-hydrogen) atoms. The van der Waals surface area contributed by atoms with E-state index in [1.54, 1.807) is 0 Å². The Morgan fingerprint density at radius 3 is 2.89 bits per heavy atom. The Labute approximate surface area is 110 Å². The van der Waals surface area contributed by atoms with E-state index < -0.39 is 0 Å². The van der Waals surface area contributed by atoms with Gasteiger partial charge in [-0.05, 0) is 18.9 Å². The average molecular weight is 251 g/mol. The zero-order valence-electron chi connectivity index (χ0n) is 12.0. The highest BCUT2D eigenvalue weighted by atomic mass is 15.3. The van der Waals surface area contributed by atoms with Gasteiger partial charge in [-0.2, -0.15) is 5.10 Å². The number of unbranched alkanes of at least 4 members (excludes halogenated alkanes) is 1. The minimum Gasteiger partial charge on any atom is -0.354 e. The number of nitrogens with one attached hydrogen (secondary N) is 1. The van der Waals surface area contributed by atoms with Crippen LogP contribution in [0.2, 0.25) is 0 Å². The summed E-state index contributed by atoms with van der Waals surface area (Å²) in [5, 5.41) is 7.61. The maximum absolute atomic E-state index is 4.28. The summed E-state index contributed by atoms with van der Waals surface area (Å²) in [4.78, 5) is 6.44. The van der Waals surface area contributed by atoms with E-state index in [2.05, 4.69) is 34.3 Å². The van der Waals surface area contributed by atoms with Crippen LogP contribution in [0.25, 0.3) is 0 Å². The summed E-state index contributed by atoms with van der Waals surface area (Å²) in [6.07, 6.45) is 6.32. The fourth-order valence-electron chi connectivity index (χ4n) is 1.76. The molecule has 0 saturated carbocycles. The van der Waals surface area contributed by atoms with E-state index in [-0.39, 0.29) is 0 Å². The average Bonchev–Trinajstić information content (AvgIpc) is 2.77. The number of guanidine groups is 1. The van der Waals surface area contributed by atoms with Gasteiger partial charge in [0.2, 0.25) is 0 Å². The summed E-state index contributed by atoms with van der Waals surface area (Å²) in [7, 11) is 3.89. The van der Waals surface area contributed by atoms with Crippen LogP contribution in [0, 0.1) is 6.92 Å². The summed E-state index contributed by atoms with van der Waals surface area (Å²) >= 11 is 0. The molecule has 0 aromatic carbocycles. The van der Waals surface area contributed by atoms with Crippen LogP contribution in [0.1, 0.15) is 25.3 Å². The normalized spacial score (nSPS) is 11.7. The third-order valence-electron chi connectivity index (χ3n) is 2.81. The van der Waals surface area contributed by atoms with E-state index in [1.807, 2.05) is 31.0 Å². The van der Waals surface area contributed by atoms with Gasteiger partial charge in [-0.3, -0.25) is 9.67 Å². The second kappa shape index (κ2) is 7.74. The minimum atomic E-state index is 0.838. The molecule has 0 aliphatic carbocycles. The summed E-state index contributed by atoms with van der Waals surface area (Å²) in [5.74, 6) is 0.951.